The zero-order valence-electron chi connectivity index (χ0n) is 8.88. The van der Waals surface area contributed by atoms with Crippen LogP contribution in [0.25, 0.3) is 0 Å². The molecule has 1 aliphatic rings. The van der Waals surface area contributed by atoms with Crippen molar-refractivity contribution in [1.29, 1.82) is 0 Å². The predicted molar refractivity (Wildman–Crippen MR) is 62.0 cm³/mol. The van der Waals surface area contributed by atoms with Crippen LogP contribution in [-0.2, 0) is 6.42 Å². The lowest BCUT2D eigenvalue weighted by Crippen LogP contribution is -2.30. The standard InChI is InChI=1S/C12H17FN2/c13-6-2-8-15-7-1-3-10-4-5-11(14)9-12(10)15/h4-5,9H,1-3,6-8,14H2. The second kappa shape index (κ2) is 4.51. The Kier molecular flexibility index (Phi) is 3.09. The molecule has 0 saturated heterocycles. The van der Waals surface area contributed by atoms with Crippen molar-refractivity contribution in [2.24, 2.45) is 0 Å². The van der Waals surface area contributed by atoms with Crippen molar-refractivity contribution in [3.05, 3.63) is 23.8 Å². The van der Waals surface area contributed by atoms with E-state index in [0.29, 0.717) is 6.42 Å². The largest absolute Gasteiger partial charge is 0.399 e. The minimum atomic E-state index is -0.242. The first-order valence-electron chi connectivity index (χ1n) is 5.50. The maximum Gasteiger partial charge on any atom is 0.0911 e. The first-order chi connectivity index (χ1) is 7.31. The number of alkyl halides is 1. The van der Waals surface area contributed by atoms with Crippen molar-refractivity contribution in [1.82, 2.24) is 0 Å². The Hall–Kier alpha value is -1.25. The number of hydrogen-bond acceptors (Lipinski definition) is 2. The molecule has 0 radical (unpaired) electrons. The molecule has 2 rings (SSSR count). The third-order valence-corrected chi connectivity index (χ3v) is 2.89. The first-order valence-corrected chi connectivity index (χ1v) is 5.50. The van der Waals surface area contributed by atoms with Crippen molar-refractivity contribution < 1.29 is 4.39 Å². The molecule has 82 valence electrons. The summed E-state index contributed by atoms with van der Waals surface area (Å²) in [5, 5.41) is 0. The second-order valence-corrected chi connectivity index (χ2v) is 4.02. The molecular formula is C12H17FN2. The molecule has 0 atom stereocenters. The molecule has 0 fully saturated rings. The van der Waals surface area contributed by atoms with Crippen LogP contribution in [0.3, 0.4) is 0 Å². The van der Waals surface area contributed by atoms with Gasteiger partial charge in [0.25, 0.3) is 0 Å². The number of anilines is 2. The van der Waals surface area contributed by atoms with E-state index in [1.54, 1.807) is 0 Å². The van der Waals surface area contributed by atoms with E-state index in [1.807, 2.05) is 12.1 Å². The van der Waals surface area contributed by atoms with Crippen molar-refractivity contribution in [3.63, 3.8) is 0 Å². The van der Waals surface area contributed by atoms with E-state index in [2.05, 4.69) is 11.0 Å². The van der Waals surface area contributed by atoms with Gasteiger partial charge < -0.3 is 10.6 Å². The number of halogens is 1. The van der Waals surface area contributed by atoms with Crippen LogP contribution < -0.4 is 10.6 Å². The van der Waals surface area contributed by atoms with Crippen LogP contribution in [-0.4, -0.2) is 19.8 Å². The van der Waals surface area contributed by atoms with Gasteiger partial charge in [0.2, 0.25) is 0 Å². The summed E-state index contributed by atoms with van der Waals surface area (Å²) in [7, 11) is 0. The molecule has 15 heavy (non-hydrogen) atoms. The Balaban J connectivity index is 2.20. The summed E-state index contributed by atoms with van der Waals surface area (Å²) in [5.41, 5.74) is 9.11. The fraction of sp³-hybridized carbons (Fsp3) is 0.500. The average molecular weight is 208 g/mol. The lowest BCUT2D eigenvalue weighted by Gasteiger charge is -2.31. The summed E-state index contributed by atoms with van der Waals surface area (Å²) in [5.74, 6) is 0. The van der Waals surface area contributed by atoms with Crippen LogP contribution in [0, 0.1) is 0 Å². The summed E-state index contributed by atoms with van der Waals surface area (Å²) >= 11 is 0. The minimum Gasteiger partial charge on any atom is -0.399 e. The molecule has 1 heterocycles. The molecule has 2 N–H and O–H groups in total. The average Bonchev–Trinajstić information content (AvgIpc) is 2.26. The van der Waals surface area contributed by atoms with Crippen molar-refractivity contribution in [3.8, 4) is 0 Å². The predicted octanol–water partition coefficient (Wildman–Crippen LogP) is 2.38. The van der Waals surface area contributed by atoms with E-state index < -0.39 is 0 Å². The number of rotatable bonds is 3. The fourth-order valence-electron chi connectivity index (χ4n) is 2.15. The topological polar surface area (TPSA) is 29.3 Å². The van der Waals surface area contributed by atoms with Crippen LogP contribution in [0.2, 0.25) is 0 Å². The number of nitrogens with two attached hydrogens (primary N) is 1. The first kappa shape index (κ1) is 10.3. The molecular weight excluding hydrogens is 191 g/mol. The summed E-state index contributed by atoms with van der Waals surface area (Å²) in [6.07, 6.45) is 2.87. The molecule has 0 amide bonds. The van der Waals surface area contributed by atoms with E-state index in [1.165, 1.54) is 11.3 Å². The number of fused-ring (bicyclic) bond motifs is 1. The van der Waals surface area contributed by atoms with Gasteiger partial charge in [-0.25, -0.2) is 0 Å². The van der Waals surface area contributed by atoms with Gasteiger partial charge in [-0.05, 0) is 37.0 Å². The van der Waals surface area contributed by atoms with Gasteiger partial charge in [0, 0.05) is 24.5 Å². The van der Waals surface area contributed by atoms with Crippen LogP contribution in [0.1, 0.15) is 18.4 Å². The van der Waals surface area contributed by atoms with Crippen molar-refractivity contribution >= 4 is 11.4 Å². The smallest absolute Gasteiger partial charge is 0.0911 e. The highest BCUT2D eigenvalue weighted by molar-refractivity contribution is 5.62. The molecule has 2 nitrogen and oxygen atoms in total. The fourth-order valence-corrected chi connectivity index (χ4v) is 2.15. The Morgan fingerprint density at radius 3 is 3.07 bits per heavy atom. The third kappa shape index (κ3) is 2.22. The van der Waals surface area contributed by atoms with Crippen molar-refractivity contribution in [2.75, 3.05) is 30.4 Å². The monoisotopic (exact) mass is 208 g/mol. The number of nitrogen functional groups attached to an aromatic ring is 1. The molecule has 1 aromatic carbocycles. The quantitative estimate of drug-likeness (QED) is 0.773. The summed E-state index contributed by atoms with van der Waals surface area (Å²) in [6.45, 7) is 1.58. The Morgan fingerprint density at radius 2 is 2.27 bits per heavy atom. The zero-order valence-corrected chi connectivity index (χ0v) is 8.88. The van der Waals surface area contributed by atoms with Gasteiger partial charge in [-0.15, -0.1) is 0 Å². The van der Waals surface area contributed by atoms with Gasteiger partial charge in [0.15, 0.2) is 0 Å². The van der Waals surface area contributed by atoms with Crippen molar-refractivity contribution in [2.45, 2.75) is 19.3 Å². The third-order valence-electron chi connectivity index (χ3n) is 2.89. The molecule has 0 saturated carbocycles. The Labute approximate surface area is 89.9 Å². The maximum atomic E-state index is 12.2. The maximum absolute atomic E-state index is 12.2. The van der Waals surface area contributed by atoms with Crippen LogP contribution in [0.4, 0.5) is 15.8 Å². The summed E-state index contributed by atoms with van der Waals surface area (Å²) < 4.78 is 12.2. The molecule has 0 spiro atoms. The van der Waals surface area contributed by atoms with E-state index in [9.17, 15) is 4.39 Å². The number of nitrogens with zero attached hydrogens (tertiary/aromatic N) is 1. The highest BCUT2D eigenvalue weighted by Gasteiger charge is 2.16. The molecule has 0 bridgehead atoms. The van der Waals surface area contributed by atoms with Gasteiger partial charge in [-0.2, -0.15) is 0 Å². The van der Waals surface area contributed by atoms with E-state index in [-0.39, 0.29) is 6.67 Å². The number of benzene rings is 1. The normalized spacial score (nSPS) is 15.1. The molecule has 0 unspecified atom stereocenters. The van der Waals surface area contributed by atoms with Gasteiger partial charge in [-0.1, -0.05) is 6.07 Å². The molecule has 1 aromatic rings. The summed E-state index contributed by atoms with van der Waals surface area (Å²) in [6, 6.07) is 6.04. The molecule has 1 aliphatic heterocycles. The van der Waals surface area contributed by atoms with E-state index >= 15 is 0 Å². The lowest BCUT2D eigenvalue weighted by molar-refractivity contribution is 0.469. The van der Waals surface area contributed by atoms with Crippen LogP contribution in [0.5, 0.6) is 0 Å². The highest BCUT2D eigenvalue weighted by Crippen LogP contribution is 2.28. The SMILES string of the molecule is Nc1ccc2c(c1)N(CCCF)CCC2. The van der Waals surface area contributed by atoms with Gasteiger partial charge in [-0.3, -0.25) is 4.39 Å². The highest BCUT2D eigenvalue weighted by atomic mass is 19.1. The zero-order chi connectivity index (χ0) is 10.7. The van der Waals surface area contributed by atoms with Crippen LogP contribution in [0.15, 0.2) is 18.2 Å². The minimum absolute atomic E-state index is 0.242. The summed E-state index contributed by atoms with van der Waals surface area (Å²) in [4.78, 5) is 2.24. The van der Waals surface area contributed by atoms with E-state index in [4.69, 9.17) is 5.73 Å². The second-order valence-electron chi connectivity index (χ2n) is 4.02. The Morgan fingerprint density at radius 1 is 1.40 bits per heavy atom. The van der Waals surface area contributed by atoms with Gasteiger partial charge in [0.05, 0.1) is 6.67 Å². The molecule has 0 aliphatic carbocycles. The van der Waals surface area contributed by atoms with Gasteiger partial charge in [0.1, 0.15) is 0 Å². The van der Waals surface area contributed by atoms with E-state index in [0.717, 1.165) is 31.6 Å². The lowest BCUT2D eigenvalue weighted by atomic mass is 10.0. The number of aryl methyl sites for hydroxylation is 1. The van der Waals surface area contributed by atoms with Gasteiger partial charge >= 0.3 is 0 Å². The molecule has 3 heteroatoms. The van der Waals surface area contributed by atoms with Crippen LogP contribution >= 0.6 is 0 Å². The number of hydrogen-bond donors (Lipinski definition) is 1. The molecule has 0 aromatic heterocycles. The Bertz CT molecular complexity index is 338.